The fourth-order valence-electron chi connectivity index (χ4n) is 3.99. The predicted molar refractivity (Wildman–Crippen MR) is 129 cm³/mol. The number of benzene rings is 3. The second-order valence-electron chi connectivity index (χ2n) is 7.47. The van der Waals surface area contributed by atoms with Gasteiger partial charge in [0, 0.05) is 16.6 Å². The van der Waals surface area contributed by atoms with Crippen molar-refractivity contribution in [3.8, 4) is 11.1 Å². The Labute approximate surface area is 186 Å². The highest BCUT2D eigenvalue weighted by Crippen LogP contribution is 2.39. The molecule has 1 aliphatic heterocycles. The first kappa shape index (κ1) is 20.7. The summed E-state index contributed by atoms with van der Waals surface area (Å²) < 4.78 is 0. The molecule has 0 spiro atoms. The smallest absolute Gasteiger partial charge is 0.0995 e. The topological polar surface area (TPSA) is 75.9 Å². The highest BCUT2D eigenvalue weighted by molar-refractivity contribution is 6.30. The lowest BCUT2D eigenvalue weighted by atomic mass is 9.99. The van der Waals surface area contributed by atoms with Gasteiger partial charge in [0.25, 0.3) is 0 Å². The maximum absolute atomic E-state index is 6.70. The fourth-order valence-corrected chi connectivity index (χ4v) is 4.12. The number of nitrogens with one attached hydrogen (secondary N) is 2. The number of rotatable bonds is 3. The molecule has 0 amide bonds. The fraction of sp³-hybridized carbons (Fsp3) is 0.217. The summed E-state index contributed by atoms with van der Waals surface area (Å²) in [5.41, 5.74) is 13.6. The van der Waals surface area contributed by atoms with Gasteiger partial charge in [0.05, 0.1) is 33.4 Å². The second kappa shape index (κ2) is 8.64. The van der Waals surface area contributed by atoms with Crippen LogP contribution in [0.1, 0.15) is 12.8 Å². The second-order valence-corrected chi connectivity index (χ2v) is 7.90. The van der Waals surface area contributed by atoms with Gasteiger partial charge in [0.1, 0.15) is 0 Å². The summed E-state index contributed by atoms with van der Waals surface area (Å²) in [4.78, 5) is 9.79. The Morgan fingerprint density at radius 2 is 1.60 bits per heavy atom. The molecular weight excluding hydrogens is 417 g/mol. The lowest BCUT2D eigenvalue weighted by Crippen LogP contribution is -2.35. The molecule has 2 heterocycles. The Bertz CT molecular complexity index is 1190. The maximum Gasteiger partial charge on any atom is 0.0995 e. The van der Waals surface area contributed by atoms with E-state index in [4.69, 9.17) is 27.3 Å². The number of nitrogen functional groups attached to an aromatic ring is 1. The predicted octanol–water partition coefficient (Wildman–Crippen LogP) is 5.27. The van der Waals surface area contributed by atoms with E-state index in [1.54, 1.807) is 0 Å². The molecule has 0 bridgehead atoms. The van der Waals surface area contributed by atoms with Gasteiger partial charge in [-0.15, -0.1) is 12.4 Å². The number of halogens is 2. The summed E-state index contributed by atoms with van der Waals surface area (Å²) in [5, 5.41) is 7.75. The van der Waals surface area contributed by atoms with Crippen LogP contribution in [0.4, 0.5) is 11.4 Å². The van der Waals surface area contributed by atoms with E-state index < -0.39 is 0 Å². The van der Waals surface area contributed by atoms with Gasteiger partial charge in [0.2, 0.25) is 0 Å². The van der Waals surface area contributed by atoms with Gasteiger partial charge in [-0.05, 0) is 61.8 Å². The van der Waals surface area contributed by atoms with Crippen LogP contribution in [0, 0.1) is 0 Å². The summed E-state index contributed by atoms with van der Waals surface area (Å²) in [6.45, 7) is 2.03. The van der Waals surface area contributed by atoms with Crippen molar-refractivity contribution in [3.05, 3.63) is 59.6 Å². The molecule has 1 aromatic heterocycles. The van der Waals surface area contributed by atoms with E-state index in [0.29, 0.717) is 16.8 Å². The molecule has 1 fully saturated rings. The van der Waals surface area contributed by atoms with Gasteiger partial charge >= 0.3 is 0 Å². The van der Waals surface area contributed by atoms with Crippen molar-refractivity contribution in [3.63, 3.8) is 0 Å². The molecule has 4 N–H and O–H groups in total. The molecule has 0 atom stereocenters. The van der Waals surface area contributed by atoms with Crippen LogP contribution in [0.2, 0.25) is 5.02 Å². The molecule has 154 valence electrons. The van der Waals surface area contributed by atoms with Gasteiger partial charge in [0.15, 0.2) is 0 Å². The normalized spacial score (nSPS) is 14.6. The average molecular weight is 440 g/mol. The molecule has 0 saturated carbocycles. The standard InChI is InChI=1S/C23H22ClN5.ClH/c24-15-7-5-14(6-8-15)21-22(25)19(27-16-9-11-26-12-10-16)13-20-23(21)29-18-4-2-1-3-17(18)28-20;/h1-8,13,16,26-27H,9-12,25H2;1H. The Kier molecular flexibility index (Phi) is 5.95. The van der Waals surface area contributed by atoms with Crippen LogP contribution in [-0.2, 0) is 0 Å². The number of fused-ring (bicyclic) bond motifs is 2. The van der Waals surface area contributed by atoms with Crippen molar-refractivity contribution in [2.75, 3.05) is 24.1 Å². The zero-order chi connectivity index (χ0) is 19.8. The molecule has 7 heteroatoms. The van der Waals surface area contributed by atoms with Crippen LogP contribution in [0.25, 0.3) is 33.2 Å². The molecule has 4 aromatic rings. The van der Waals surface area contributed by atoms with Crippen molar-refractivity contribution >= 4 is 57.4 Å². The number of para-hydroxylation sites is 2. The lowest BCUT2D eigenvalue weighted by Gasteiger charge is -2.26. The van der Waals surface area contributed by atoms with E-state index in [0.717, 1.165) is 64.8 Å². The van der Waals surface area contributed by atoms with E-state index in [2.05, 4.69) is 10.6 Å². The number of hydrogen-bond donors (Lipinski definition) is 3. The maximum atomic E-state index is 6.70. The molecule has 0 unspecified atom stereocenters. The van der Waals surface area contributed by atoms with Crippen LogP contribution in [0.15, 0.2) is 54.6 Å². The molecule has 1 aliphatic rings. The summed E-state index contributed by atoms with van der Waals surface area (Å²) in [5.74, 6) is 0. The minimum Gasteiger partial charge on any atom is -0.396 e. The summed E-state index contributed by atoms with van der Waals surface area (Å²) in [7, 11) is 0. The SMILES string of the molecule is Cl.Nc1c(NC2CCNCC2)cc2nc3ccccc3nc2c1-c1ccc(Cl)cc1. The first-order valence-electron chi connectivity index (χ1n) is 9.91. The number of hydrogen-bond acceptors (Lipinski definition) is 5. The number of aromatic nitrogens is 2. The van der Waals surface area contributed by atoms with E-state index >= 15 is 0 Å². The highest BCUT2D eigenvalue weighted by atomic mass is 35.5. The summed E-state index contributed by atoms with van der Waals surface area (Å²) in [6, 6.07) is 18.1. The number of piperidine rings is 1. The van der Waals surface area contributed by atoms with Crippen molar-refractivity contribution in [1.29, 1.82) is 0 Å². The van der Waals surface area contributed by atoms with Gasteiger partial charge in [-0.2, -0.15) is 0 Å². The van der Waals surface area contributed by atoms with Crippen molar-refractivity contribution < 1.29 is 0 Å². The first-order valence-corrected chi connectivity index (χ1v) is 10.3. The van der Waals surface area contributed by atoms with E-state index in [1.165, 1.54) is 0 Å². The van der Waals surface area contributed by atoms with Gasteiger partial charge in [-0.1, -0.05) is 35.9 Å². The van der Waals surface area contributed by atoms with Gasteiger partial charge in [-0.25, -0.2) is 9.97 Å². The zero-order valence-corrected chi connectivity index (χ0v) is 17.9. The van der Waals surface area contributed by atoms with E-state index in [9.17, 15) is 0 Å². The van der Waals surface area contributed by atoms with Crippen molar-refractivity contribution in [2.45, 2.75) is 18.9 Å². The third-order valence-electron chi connectivity index (χ3n) is 5.51. The third kappa shape index (κ3) is 3.88. The van der Waals surface area contributed by atoms with E-state index in [1.807, 2.05) is 54.6 Å². The molecular formula is C23H23Cl2N5. The molecule has 1 saturated heterocycles. The zero-order valence-electron chi connectivity index (χ0n) is 16.4. The van der Waals surface area contributed by atoms with Crippen LogP contribution in [-0.4, -0.2) is 29.1 Å². The quantitative estimate of drug-likeness (QED) is 0.299. The molecule has 5 rings (SSSR count). The van der Waals surface area contributed by atoms with Crippen molar-refractivity contribution in [1.82, 2.24) is 15.3 Å². The molecule has 30 heavy (non-hydrogen) atoms. The number of nitrogens with two attached hydrogens (primary N) is 1. The molecule has 5 nitrogen and oxygen atoms in total. The number of nitrogens with zero attached hydrogens (tertiary/aromatic N) is 2. The Morgan fingerprint density at radius 1 is 0.933 bits per heavy atom. The first-order chi connectivity index (χ1) is 14.2. The summed E-state index contributed by atoms with van der Waals surface area (Å²) in [6.07, 6.45) is 2.13. The molecule has 0 aliphatic carbocycles. The molecule has 3 aromatic carbocycles. The van der Waals surface area contributed by atoms with Crippen LogP contribution in [0.5, 0.6) is 0 Å². The van der Waals surface area contributed by atoms with Crippen LogP contribution >= 0.6 is 24.0 Å². The van der Waals surface area contributed by atoms with Crippen molar-refractivity contribution in [2.24, 2.45) is 0 Å². The Balaban J connectivity index is 0.00000218. The minimum atomic E-state index is 0. The molecule has 0 radical (unpaired) electrons. The van der Waals surface area contributed by atoms with E-state index in [-0.39, 0.29) is 12.4 Å². The third-order valence-corrected chi connectivity index (χ3v) is 5.76. The largest absolute Gasteiger partial charge is 0.396 e. The van der Waals surface area contributed by atoms with Crippen LogP contribution in [0.3, 0.4) is 0 Å². The Hall–Kier alpha value is -2.60. The summed E-state index contributed by atoms with van der Waals surface area (Å²) >= 11 is 6.12. The number of anilines is 2. The van der Waals surface area contributed by atoms with Gasteiger partial charge in [-0.3, -0.25) is 0 Å². The average Bonchev–Trinajstić information content (AvgIpc) is 2.75. The Morgan fingerprint density at radius 3 is 2.30 bits per heavy atom. The highest BCUT2D eigenvalue weighted by Gasteiger charge is 2.19. The lowest BCUT2D eigenvalue weighted by molar-refractivity contribution is 0.479. The minimum absolute atomic E-state index is 0. The van der Waals surface area contributed by atoms with Crippen LogP contribution < -0.4 is 16.4 Å². The monoisotopic (exact) mass is 439 g/mol. The van der Waals surface area contributed by atoms with Gasteiger partial charge < -0.3 is 16.4 Å².